The molecule has 52 heteroatoms. The van der Waals surface area contributed by atoms with E-state index in [2.05, 4.69) is 70.5 Å². The van der Waals surface area contributed by atoms with Crippen LogP contribution in [0.25, 0.3) is 0 Å². The van der Waals surface area contributed by atoms with E-state index < -0.39 is 342 Å². The molecule has 8 rings (SSSR count). The number of aliphatic hydroxyl groups is 24. The molecule has 748 valence electrons. The van der Waals surface area contributed by atoms with Gasteiger partial charge in [0.1, 0.15) is 160 Å². The second kappa shape index (κ2) is 60.5. The van der Waals surface area contributed by atoms with Crippen molar-refractivity contribution in [1.82, 2.24) is 21.3 Å². The predicted octanol–water partition coefficient (Wildman–Crippen LogP) is -15.8. The van der Waals surface area contributed by atoms with E-state index >= 15 is 0 Å². The second-order valence-corrected chi connectivity index (χ2v) is 38.9. The first-order chi connectivity index (χ1) is 61.6. The third kappa shape index (κ3) is 36.6. The summed E-state index contributed by atoms with van der Waals surface area (Å²) >= 11 is 5.67. The number of nitrogens with one attached hydrogen (secondary N) is 4. The van der Waals surface area contributed by atoms with Crippen LogP contribution in [0.15, 0.2) is 0 Å². The Hall–Kier alpha value is -5.97. The van der Waals surface area contributed by atoms with Crippen molar-refractivity contribution in [3.63, 3.8) is 0 Å². The topological polar surface area (TPSA) is 845 Å². The van der Waals surface area contributed by atoms with Crippen molar-refractivity contribution in [1.29, 1.82) is 0 Å². The number of aliphatic hydroxyl groups excluding tert-OH is 24. The van der Waals surface area contributed by atoms with Gasteiger partial charge in [-0.3, -0.25) is 28.4 Å². The number of alkyl halides is 1. The molecular formula is C78H132ClFN8O41Si. The summed E-state index contributed by atoms with van der Waals surface area (Å²) in [7, 11) is -2.14. The highest BCUT2D eigenvalue weighted by atomic mass is 35.6. The number of carboxylic acids is 1. The van der Waals surface area contributed by atoms with Crippen molar-refractivity contribution in [3.05, 3.63) is 0 Å². The molecule has 0 aromatic heterocycles. The smallest absolute Gasteiger partial charge is 0.304 e. The largest absolute Gasteiger partial charge is 0.481 e. The molecular weight excluding hydrogens is 1790 g/mol. The summed E-state index contributed by atoms with van der Waals surface area (Å²) in [5.41, 5.74) is 22.4. The van der Waals surface area contributed by atoms with Gasteiger partial charge in [-0.05, 0) is 6.42 Å². The number of aliphatic carboxylic acids is 1. The van der Waals surface area contributed by atoms with E-state index in [1.54, 1.807) is 0 Å². The van der Waals surface area contributed by atoms with Crippen LogP contribution in [0, 0.1) is 67.6 Å². The van der Waals surface area contributed by atoms with E-state index in [9.17, 15) is 141 Å². The highest BCUT2D eigenvalue weighted by Crippen LogP contribution is 2.36. The molecule has 37 N–H and O–H groups in total. The Labute approximate surface area is 755 Å². The van der Waals surface area contributed by atoms with Gasteiger partial charge in [0.15, 0.2) is 44.0 Å². The molecule has 0 aromatic carbocycles. The summed E-state index contributed by atoms with van der Waals surface area (Å²) in [6.07, 6.45) is -18.0. The maximum absolute atomic E-state index is 12.7. The van der Waals surface area contributed by atoms with Gasteiger partial charge in [-0.25, -0.2) is 0 Å². The van der Waals surface area contributed by atoms with Crippen molar-refractivity contribution < 1.29 is 210 Å². The van der Waals surface area contributed by atoms with Crippen LogP contribution in [0.2, 0.25) is 19.6 Å². The molecule has 4 amide bonds. The SMILES string of the molecule is C#CCCC(=O)NC1[C@H](O[C@H]2C(CO)OC(O)[C@H](NC(=O)CCC#C)C2O)OC(CO)[C@@H](O)[C@@H]1O.C#CCCC(=O)NC1[C@H](O[C@H]2C(CO)OC(OCC3O[C@@H](O)C(N)[C@@H](O)[C@@H]3O)[C@H](NC(=O)CCC#C)C2O)OC(CO)[C@@H](O)[C@@H]1O.C#CCCC(=O)O.C[Si](C)(C)Cl.NC1[C@H](C[C@H]2C(CO)OC(O)[C@H](N)C2O)OC(CO)[C@@H](O)[C@@H]1O.NC1[C@H](O)OC(CO)[C@@H](O)[C@@H]1O.[2H]CF. The van der Waals surface area contributed by atoms with Gasteiger partial charge in [0.2, 0.25) is 23.6 Å². The van der Waals surface area contributed by atoms with Crippen LogP contribution in [0.3, 0.4) is 0 Å². The number of rotatable bonds is 30. The predicted molar refractivity (Wildman–Crippen MR) is 443 cm³/mol. The van der Waals surface area contributed by atoms with Gasteiger partial charge < -0.3 is 224 Å². The summed E-state index contributed by atoms with van der Waals surface area (Å²) in [5, 5.41) is 256. The number of halogens is 2. The first-order valence-corrected chi connectivity index (χ1v) is 45.3. The summed E-state index contributed by atoms with van der Waals surface area (Å²) in [6, 6.07) is -10.0. The first-order valence-electron chi connectivity index (χ1n) is 41.5. The number of hydrogen-bond donors (Lipinski definition) is 33. The maximum atomic E-state index is 12.7. The summed E-state index contributed by atoms with van der Waals surface area (Å²) < 4.78 is 75.7. The van der Waals surface area contributed by atoms with Gasteiger partial charge in [-0.1, -0.05) is 19.6 Å². The Bertz CT molecular complexity index is 3540. The summed E-state index contributed by atoms with van der Waals surface area (Å²) in [4.78, 5) is 59.1. The lowest BCUT2D eigenvalue weighted by Gasteiger charge is -2.48. The van der Waals surface area contributed by atoms with E-state index in [0.717, 1.165) is 0 Å². The maximum Gasteiger partial charge on any atom is 0.304 e. The Morgan fingerprint density at radius 1 is 0.369 bits per heavy atom. The second-order valence-electron chi connectivity index (χ2n) is 31.4. The number of ether oxygens (including phenoxy) is 11. The monoisotopic (exact) mass is 1920 g/mol. The lowest BCUT2D eigenvalue weighted by molar-refractivity contribution is -0.337. The van der Waals surface area contributed by atoms with Crippen LogP contribution in [-0.4, -0.2) is 464 Å². The molecule has 8 saturated heterocycles. The minimum Gasteiger partial charge on any atom is -0.481 e. The van der Waals surface area contributed by atoms with Crippen molar-refractivity contribution in [2.45, 2.75) is 329 Å². The molecule has 8 aliphatic heterocycles. The van der Waals surface area contributed by atoms with Gasteiger partial charge in [-0.15, -0.1) is 61.7 Å². The first kappa shape index (κ1) is 118. The fourth-order valence-electron chi connectivity index (χ4n) is 13.5. The minimum atomic E-state index is -1.76. The number of hydrogen-bond acceptors (Lipinski definition) is 44. The highest BCUT2D eigenvalue weighted by Gasteiger charge is 2.56. The summed E-state index contributed by atoms with van der Waals surface area (Å²) in [5.74, 6) is 7.40. The minimum absolute atomic E-state index is 0.0398. The molecule has 49 nitrogen and oxygen atoms in total. The van der Waals surface area contributed by atoms with Gasteiger partial charge in [-0.2, -0.15) is 11.1 Å². The van der Waals surface area contributed by atoms with Crippen molar-refractivity contribution >= 4 is 48.1 Å². The van der Waals surface area contributed by atoms with Crippen LogP contribution in [0.1, 0.15) is 72.0 Å². The van der Waals surface area contributed by atoms with E-state index in [-0.39, 0.29) is 64.2 Å². The molecule has 0 spiro atoms. The zero-order valence-corrected chi connectivity index (χ0v) is 73.2. The van der Waals surface area contributed by atoms with E-state index in [4.69, 9.17) is 135 Å². The van der Waals surface area contributed by atoms with Crippen LogP contribution in [0.5, 0.6) is 0 Å². The fourth-order valence-corrected chi connectivity index (χ4v) is 13.5. The fraction of sp³-hybridized carbons (Fsp3) is 0.808. The molecule has 0 aromatic rings. The standard InChI is InChI=1S/C28H43N3O15.C22H32N2O11.C13H26N2O8.C6H13NO5.C5H6O2.C3H9ClSi.CH3F/c1-3-5-7-15(34)30-18-23(39)20(36)12(9-32)44-28(18)46-25-13(10-33)45-27(19(24(25)40)31-16(35)8-6-4-2)42-11-14-21(37)22(38)17(29)26(41)43-14;1-3-5-7-13(27)23-15-19(31)20(12(10-26)33-21(15)32)35-22-16(24-14(28)8-6-4-2)18(30)17(29)11(9-25)34-22;14-8-5(22-7(3-17)11(19)12(8)20)1-4-6(2-16)23-13(21)9(15)10(4)18;7-3-5(10)4(9)2(1-8)12-6(3)11;1-2-3-4-5(6)7;1-5(2,3)4;1-2/h1-2,12-14,17-28,32-33,36-41H,5-11,29H2,(H,30,34)(H,31,35);1-2,11-12,15-22,25-26,29-32H,5-10H2,(H,23,27)(H,24,28);4-13,16-21H,1-3,14-15H2;2-6,8-11H,1,7H2;1H,3-4H2,(H,6,7);1-3H3;1H3/t12?,13?,14?,17?,18?,19-,20-,21-,22-,23-,24?,25+,26-,27?,28+;11?,12?,15-,16?,17-,18-,19?,20+,21?,22+;4-,5-,6?,7?,8?,9+,10?,11+,12+,13?;2?,3?,4-,5-,6-;;;/m1101.../s1/i;;;;;;1D. The zero-order valence-electron chi connectivity index (χ0n) is 72.4. The molecule has 0 bridgehead atoms. The van der Waals surface area contributed by atoms with Crippen LogP contribution < -0.4 is 44.2 Å². The third-order valence-corrected chi connectivity index (χ3v) is 20.7. The number of terminal acetylenes is 5. The molecule has 8 fully saturated rings. The molecule has 0 saturated carbocycles. The Kier molecular flexibility index (Phi) is 55.0. The van der Waals surface area contributed by atoms with Crippen molar-refractivity contribution in [3.8, 4) is 61.7 Å². The number of carbonyl (C=O) groups excluding carboxylic acids is 4. The molecule has 19 unspecified atom stereocenters. The van der Waals surface area contributed by atoms with E-state index in [1.807, 2.05) is 0 Å². The van der Waals surface area contributed by atoms with Gasteiger partial charge in [0, 0.05) is 63.7 Å². The number of nitrogens with two attached hydrogens (primary N) is 4. The van der Waals surface area contributed by atoms with Gasteiger partial charge >= 0.3 is 5.97 Å². The summed E-state index contributed by atoms with van der Waals surface area (Å²) in [6.45, 7) is 1.27. The molecule has 130 heavy (non-hydrogen) atoms. The highest BCUT2D eigenvalue weighted by molar-refractivity contribution is 7.18. The van der Waals surface area contributed by atoms with Crippen LogP contribution in [-0.2, 0) is 76.1 Å². The number of carbonyl (C=O) groups is 5. The average Bonchev–Trinajstić information content (AvgIpc) is 0.772. The van der Waals surface area contributed by atoms with Crippen LogP contribution >= 0.6 is 11.1 Å². The molecule has 8 heterocycles. The molecule has 0 aliphatic carbocycles. The van der Waals surface area contributed by atoms with E-state index in [1.165, 1.54) is 0 Å². The Balaban J connectivity index is 0.000000598. The average molecular weight is 1920 g/mol. The zero-order chi connectivity index (χ0) is 99.8. The van der Waals surface area contributed by atoms with Crippen molar-refractivity contribution in [2.75, 3.05) is 60.0 Å². The lowest BCUT2D eigenvalue weighted by Crippen LogP contribution is -2.69. The third-order valence-electron chi connectivity index (χ3n) is 20.7. The Morgan fingerprint density at radius 3 is 0.992 bits per heavy atom. The molecule has 0 radical (unpaired) electrons. The number of amides is 4. The van der Waals surface area contributed by atoms with Crippen LogP contribution in [0.4, 0.5) is 4.39 Å². The lowest BCUT2D eigenvalue weighted by atomic mass is 9.80. The molecule has 8 aliphatic rings. The number of carboxylic acid groups (broad SMARTS) is 1. The normalized spacial score (nSPS) is 39.2. The van der Waals surface area contributed by atoms with Gasteiger partial charge in [0.05, 0.1) is 110 Å². The Morgan fingerprint density at radius 2 is 0.638 bits per heavy atom. The van der Waals surface area contributed by atoms with Crippen molar-refractivity contribution in [2.24, 2.45) is 28.9 Å². The van der Waals surface area contributed by atoms with E-state index in [0.29, 0.717) is 6.42 Å². The quantitative estimate of drug-likeness (QED) is 0.0180. The van der Waals surface area contributed by atoms with Gasteiger partial charge in [0.25, 0.3) is 0 Å². The molecule has 40 atom stereocenters.